The van der Waals surface area contributed by atoms with Crippen LogP contribution in [0.15, 0.2) is 82.7 Å². The van der Waals surface area contributed by atoms with Crippen LogP contribution in [0, 0.1) is 6.92 Å². The normalized spacial score (nSPS) is 11.0. The number of hydrogen-bond donors (Lipinski definition) is 1. The van der Waals surface area contributed by atoms with Crippen LogP contribution in [0.25, 0.3) is 10.9 Å². The Kier molecular flexibility index (Phi) is 8.03. The maximum Gasteiger partial charge on any atom is 0.262 e. The van der Waals surface area contributed by atoms with Crippen molar-refractivity contribution < 1.29 is 4.79 Å². The van der Waals surface area contributed by atoms with Crippen LogP contribution in [0.5, 0.6) is 0 Å². The highest BCUT2D eigenvalue weighted by molar-refractivity contribution is 7.98. The summed E-state index contributed by atoms with van der Waals surface area (Å²) in [7, 11) is 0. The third-order valence-electron chi connectivity index (χ3n) is 5.61. The van der Waals surface area contributed by atoms with Crippen molar-refractivity contribution >= 4 is 40.2 Å². The fraction of sp³-hybridized carbons (Fsp3) is 0.222. The second-order valence-electron chi connectivity index (χ2n) is 8.09. The first kappa shape index (κ1) is 24.0. The number of hydrogen-bond acceptors (Lipinski definition) is 4. The Morgan fingerprint density at radius 3 is 2.68 bits per heavy atom. The van der Waals surface area contributed by atoms with Gasteiger partial charge in [0.1, 0.15) is 0 Å². The van der Waals surface area contributed by atoms with Crippen LogP contribution in [-0.4, -0.2) is 15.5 Å². The van der Waals surface area contributed by atoms with Gasteiger partial charge in [-0.3, -0.25) is 14.2 Å². The number of para-hydroxylation sites is 1. The van der Waals surface area contributed by atoms with Crippen molar-refractivity contribution in [3.8, 4) is 0 Å². The van der Waals surface area contributed by atoms with Crippen molar-refractivity contribution in [3.05, 3.63) is 105 Å². The smallest absolute Gasteiger partial charge is 0.262 e. The second-order valence-corrected chi connectivity index (χ2v) is 9.47. The zero-order valence-corrected chi connectivity index (χ0v) is 20.5. The van der Waals surface area contributed by atoms with Crippen LogP contribution < -0.4 is 10.9 Å². The largest absolute Gasteiger partial charge is 0.352 e. The van der Waals surface area contributed by atoms with Gasteiger partial charge in [0.15, 0.2) is 5.16 Å². The molecule has 4 aromatic rings. The molecule has 4 rings (SSSR count). The van der Waals surface area contributed by atoms with Gasteiger partial charge in [-0.15, -0.1) is 0 Å². The minimum Gasteiger partial charge on any atom is -0.352 e. The van der Waals surface area contributed by atoms with Crippen molar-refractivity contribution in [2.45, 2.75) is 43.8 Å². The van der Waals surface area contributed by atoms with E-state index in [1.54, 1.807) is 28.5 Å². The highest BCUT2D eigenvalue weighted by Crippen LogP contribution is 2.24. The van der Waals surface area contributed by atoms with Crippen molar-refractivity contribution in [2.24, 2.45) is 0 Å². The van der Waals surface area contributed by atoms with E-state index < -0.39 is 0 Å². The van der Waals surface area contributed by atoms with Crippen molar-refractivity contribution in [1.29, 1.82) is 0 Å². The summed E-state index contributed by atoms with van der Waals surface area (Å²) in [5.74, 6) is 0.660. The Morgan fingerprint density at radius 1 is 1.06 bits per heavy atom. The van der Waals surface area contributed by atoms with Crippen molar-refractivity contribution in [2.75, 3.05) is 0 Å². The SMILES string of the molecule is Cc1ccccc1CSc1nc2ccccc2c(=O)n1CCCC(=O)NCc1cccc(Cl)c1. The number of aromatic nitrogens is 2. The van der Waals surface area contributed by atoms with E-state index in [9.17, 15) is 9.59 Å². The molecule has 0 aliphatic rings. The first-order valence-electron chi connectivity index (χ1n) is 11.2. The molecule has 1 heterocycles. The minimum atomic E-state index is -0.0720. The number of benzene rings is 3. The van der Waals surface area contributed by atoms with E-state index in [2.05, 4.69) is 24.4 Å². The van der Waals surface area contributed by atoms with Gasteiger partial charge < -0.3 is 5.32 Å². The molecule has 7 heteroatoms. The molecular formula is C27H26ClN3O2S. The fourth-order valence-corrected chi connectivity index (χ4v) is 5.02. The Hall–Kier alpha value is -3.09. The fourth-order valence-electron chi connectivity index (χ4n) is 3.70. The van der Waals surface area contributed by atoms with Gasteiger partial charge in [-0.25, -0.2) is 4.98 Å². The van der Waals surface area contributed by atoms with E-state index in [4.69, 9.17) is 16.6 Å². The predicted molar refractivity (Wildman–Crippen MR) is 139 cm³/mol. The van der Waals surface area contributed by atoms with Crippen molar-refractivity contribution in [3.63, 3.8) is 0 Å². The Balaban J connectivity index is 1.45. The van der Waals surface area contributed by atoms with Gasteiger partial charge in [-0.2, -0.15) is 0 Å². The zero-order valence-electron chi connectivity index (χ0n) is 19.0. The molecule has 1 amide bonds. The summed E-state index contributed by atoms with van der Waals surface area (Å²) in [4.78, 5) is 30.4. The van der Waals surface area contributed by atoms with Crippen LogP contribution in [0.2, 0.25) is 5.02 Å². The molecule has 0 aliphatic carbocycles. The van der Waals surface area contributed by atoms with Gasteiger partial charge in [0.25, 0.3) is 5.56 Å². The van der Waals surface area contributed by atoms with Crippen LogP contribution in [0.4, 0.5) is 0 Å². The van der Waals surface area contributed by atoms with E-state index in [1.807, 2.05) is 48.5 Å². The van der Waals surface area contributed by atoms with Gasteiger partial charge in [-0.1, -0.05) is 71.9 Å². The summed E-state index contributed by atoms with van der Waals surface area (Å²) < 4.78 is 1.70. The van der Waals surface area contributed by atoms with Crippen LogP contribution >= 0.6 is 23.4 Å². The van der Waals surface area contributed by atoms with Gasteiger partial charge in [0, 0.05) is 30.3 Å². The molecule has 0 saturated carbocycles. The summed E-state index contributed by atoms with van der Waals surface area (Å²) in [5, 5.41) is 4.83. The number of thioether (sulfide) groups is 1. The molecule has 0 unspecified atom stereocenters. The number of amides is 1. The lowest BCUT2D eigenvalue weighted by molar-refractivity contribution is -0.121. The first-order chi connectivity index (χ1) is 16.5. The lowest BCUT2D eigenvalue weighted by Crippen LogP contribution is -2.26. The van der Waals surface area contributed by atoms with Crippen LogP contribution in [0.3, 0.4) is 0 Å². The number of nitrogens with one attached hydrogen (secondary N) is 1. The number of nitrogens with zero attached hydrogens (tertiary/aromatic N) is 2. The number of aryl methyl sites for hydroxylation is 1. The van der Waals surface area contributed by atoms with Gasteiger partial charge in [0.05, 0.1) is 10.9 Å². The summed E-state index contributed by atoms with van der Waals surface area (Å²) in [5.41, 5.74) is 3.99. The van der Waals surface area contributed by atoms with Crippen LogP contribution in [0.1, 0.15) is 29.5 Å². The lowest BCUT2D eigenvalue weighted by Gasteiger charge is -2.14. The minimum absolute atomic E-state index is 0.0594. The van der Waals surface area contributed by atoms with Gasteiger partial charge in [0.2, 0.25) is 5.91 Å². The summed E-state index contributed by atoms with van der Waals surface area (Å²) in [6.45, 7) is 2.94. The van der Waals surface area contributed by atoms with E-state index in [0.29, 0.717) is 47.0 Å². The number of carbonyl (C=O) groups is 1. The summed E-state index contributed by atoms with van der Waals surface area (Å²) in [6.07, 6.45) is 0.862. The molecule has 0 bridgehead atoms. The molecule has 0 aliphatic heterocycles. The molecule has 1 N–H and O–H groups in total. The topological polar surface area (TPSA) is 64.0 Å². The lowest BCUT2D eigenvalue weighted by atomic mass is 10.1. The predicted octanol–water partition coefficient (Wildman–Crippen LogP) is 5.75. The van der Waals surface area contributed by atoms with Crippen molar-refractivity contribution in [1.82, 2.24) is 14.9 Å². The molecular weight excluding hydrogens is 466 g/mol. The monoisotopic (exact) mass is 491 g/mol. The third kappa shape index (κ3) is 6.07. The molecule has 0 spiro atoms. The molecule has 5 nitrogen and oxygen atoms in total. The van der Waals surface area contributed by atoms with E-state index in [0.717, 1.165) is 11.3 Å². The average Bonchev–Trinajstić information content (AvgIpc) is 2.84. The van der Waals surface area contributed by atoms with Gasteiger partial charge >= 0.3 is 0 Å². The van der Waals surface area contributed by atoms with E-state index in [1.165, 1.54) is 11.1 Å². The Labute approximate surface area is 208 Å². The Bertz CT molecular complexity index is 1370. The highest BCUT2D eigenvalue weighted by Gasteiger charge is 2.13. The van der Waals surface area contributed by atoms with Gasteiger partial charge in [-0.05, 0) is 54.3 Å². The molecule has 1 aromatic heterocycles. The highest BCUT2D eigenvalue weighted by atomic mass is 35.5. The summed E-state index contributed by atoms with van der Waals surface area (Å²) in [6, 6.07) is 23.0. The number of carbonyl (C=O) groups excluding carboxylic acids is 1. The molecule has 0 atom stereocenters. The average molecular weight is 492 g/mol. The molecule has 34 heavy (non-hydrogen) atoms. The quantitative estimate of drug-likeness (QED) is 0.239. The van der Waals surface area contributed by atoms with E-state index >= 15 is 0 Å². The zero-order chi connectivity index (χ0) is 23.9. The maximum absolute atomic E-state index is 13.2. The van der Waals surface area contributed by atoms with E-state index in [-0.39, 0.29) is 11.5 Å². The number of halogens is 1. The molecule has 0 radical (unpaired) electrons. The number of rotatable bonds is 9. The Morgan fingerprint density at radius 2 is 1.85 bits per heavy atom. The molecule has 174 valence electrons. The molecule has 0 saturated heterocycles. The standard InChI is InChI=1S/C27H26ClN3O2S/c1-19-8-2-3-10-21(19)18-34-27-30-24-13-5-4-12-23(24)26(33)31(27)15-7-14-25(32)29-17-20-9-6-11-22(28)16-20/h2-6,8-13,16H,7,14-15,17-18H2,1H3,(H,29,32). The second kappa shape index (κ2) is 11.4. The number of fused-ring (bicyclic) bond motifs is 1. The molecule has 0 fully saturated rings. The van der Waals surface area contributed by atoms with Crippen LogP contribution in [-0.2, 0) is 23.6 Å². The maximum atomic E-state index is 13.2. The molecule has 3 aromatic carbocycles. The first-order valence-corrected chi connectivity index (χ1v) is 12.6. The summed E-state index contributed by atoms with van der Waals surface area (Å²) >= 11 is 7.55. The third-order valence-corrected chi connectivity index (χ3v) is 6.87.